The van der Waals surface area contributed by atoms with Crippen molar-refractivity contribution < 1.29 is 4.74 Å². The number of hydrogen-bond donors (Lipinski definition) is 0. The first-order valence-electron chi connectivity index (χ1n) is 7.26. The second-order valence-electron chi connectivity index (χ2n) is 5.51. The molecule has 1 heterocycles. The Morgan fingerprint density at radius 3 is 2.84 bits per heavy atom. The highest BCUT2D eigenvalue weighted by molar-refractivity contribution is 5.57. The number of benzene rings is 1. The van der Waals surface area contributed by atoms with Crippen molar-refractivity contribution in [2.75, 3.05) is 39.2 Å². The average molecular weight is 262 g/mol. The van der Waals surface area contributed by atoms with E-state index in [1.807, 2.05) is 12.1 Å². The van der Waals surface area contributed by atoms with Crippen molar-refractivity contribution in [1.29, 1.82) is 0 Å². The fraction of sp³-hybridized carbons (Fsp3) is 0.625. The molecule has 1 saturated heterocycles. The van der Waals surface area contributed by atoms with Crippen LogP contribution in [0.3, 0.4) is 0 Å². The van der Waals surface area contributed by atoms with Gasteiger partial charge in [0.05, 0.1) is 12.8 Å². The predicted molar refractivity (Wildman–Crippen MR) is 81.2 cm³/mol. The summed E-state index contributed by atoms with van der Waals surface area (Å²) in [6, 6.07) is 8.99. The summed E-state index contributed by atoms with van der Waals surface area (Å²) in [6.07, 6.45) is 5.31. The Morgan fingerprint density at radius 1 is 1.32 bits per heavy atom. The van der Waals surface area contributed by atoms with E-state index in [0.717, 1.165) is 18.3 Å². The van der Waals surface area contributed by atoms with Crippen LogP contribution in [0, 0.1) is 0 Å². The molecule has 1 fully saturated rings. The lowest BCUT2D eigenvalue weighted by molar-refractivity contribution is 0.178. The highest BCUT2D eigenvalue weighted by Gasteiger charge is 2.19. The summed E-state index contributed by atoms with van der Waals surface area (Å²) in [7, 11) is 6.15. The Hall–Kier alpha value is -1.22. The lowest BCUT2D eigenvalue weighted by Gasteiger charge is -2.34. The van der Waals surface area contributed by atoms with Gasteiger partial charge in [0, 0.05) is 19.6 Å². The summed E-state index contributed by atoms with van der Waals surface area (Å²) in [5.74, 6) is 0.960. The van der Waals surface area contributed by atoms with Crippen LogP contribution in [-0.2, 0) is 0 Å². The summed E-state index contributed by atoms with van der Waals surface area (Å²) in [6.45, 7) is 2.33. The third-order valence-corrected chi connectivity index (χ3v) is 4.22. The van der Waals surface area contributed by atoms with Crippen LogP contribution in [0.1, 0.15) is 25.7 Å². The van der Waals surface area contributed by atoms with Gasteiger partial charge >= 0.3 is 0 Å². The molecule has 1 unspecified atom stereocenters. The lowest BCUT2D eigenvalue weighted by atomic mass is 10.00. The van der Waals surface area contributed by atoms with Crippen LogP contribution in [0.5, 0.6) is 5.75 Å². The largest absolute Gasteiger partial charge is 0.495 e. The Kier molecular flexibility index (Phi) is 5.08. The molecule has 1 aromatic rings. The summed E-state index contributed by atoms with van der Waals surface area (Å²) in [5, 5.41) is 0. The average Bonchev–Trinajstić information content (AvgIpc) is 2.46. The zero-order valence-electron chi connectivity index (χ0n) is 12.4. The number of rotatable bonds is 5. The summed E-state index contributed by atoms with van der Waals surface area (Å²) in [5.41, 5.74) is 1.18. The fourth-order valence-corrected chi connectivity index (χ4v) is 2.92. The minimum Gasteiger partial charge on any atom is -0.495 e. The molecule has 19 heavy (non-hydrogen) atoms. The first-order chi connectivity index (χ1) is 9.22. The number of ether oxygens (including phenoxy) is 1. The molecule has 106 valence electrons. The van der Waals surface area contributed by atoms with Gasteiger partial charge in [-0.3, -0.25) is 0 Å². The molecule has 0 spiro atoms. The fourth-order valence-electron chi connectivity index (χ4n) is 2.92. The monoisotopic (exact) mass is 262 g/mol. The molecule has 1 aromatic carbocycles. The molecule has 0 radical (unpaired) electrons. The van der Waals surface area contributed by atoms with E-state index in [1.165, 1.54) is 37.9 Å². The van der Waals surface area contributed by atoms with E-state index >= 15 is 0 Å². The first kappa shape index (κ1) is 14.2. The second-order valence-corrected chi connectivity index (χ2v) is 5.51. The highest BCUT2D eigenvalue weighted by Crippen LogP contribution is 2.27. The second kappa shape index (κ2) is 6.80. The summed E-state index contributed by atoms with van der Waals surface area (Å²) in [4.78, 5) is 4.82. The summed E-state index contributed by atoms with van der Waals surface area (Å²) >= 11 is 0. The number of hydrogen-bond acceptors (Lipinski definition) is 3. The predicted octanol–water partition coefficient (Wildman–Crippen LogP) is 3.01. The van der Waals surface area contributed by atoms with E-state index in [4.69, 9.17) is 4.74 Å². The maximum Gasteiger partial charge on any atom is 0.142 e. The van der Waals surface area contributed by atoms with Crippen molar-refractivity contribution in [3.63, 3.8) is 0 Å². The van der Waals surface area contributed by atoms with Crippen molar-refractivity contribution in [3.05, 3.63) is 24.3 Å². The van der Waals surface area contributed by atoms with Crippen LogP contribution in [0.2, 0.25) is 0 Å². The summed E-state index contributed by atoms with van der Waals surface area (Å²) < 4.78 is 5.43. The van der Waals surface area contributed by atoms with Crippen LogP contribution in [-0.4, -0.2) is 45.2 Å². The molecule has 2 rings (SSSR count). The molecular weight excluding hydrogens is 236 g/mol. The minimum atomic E-state index is 0.742. The smallest absolute Gasteiger partial charge is 0.142 e. The third kappa shape index (κ3) is 3.63. The van der Waals surface area contributed by atoms with Gasteiger partial charge in [0.15, 0.2) is 0 Å². The molecule has 0 amide bonds. The molecule has 3 nitrogen and oxygen atoms in total. The van der Waals surface area contributed by atoms with E-state index in [1.54, 1.807) is 7.11 Å². The molecule has 0 aliphatic carbocycles. The molecule has 1 aliphatic rings. The van der Waals surface area contributed by atoms with E-state index in [9.17, 15) is 0 Å². The van der Waals surface area contributed by atoms with Crippen molar-refractivity contribution in [3.8, 4) is 5.75 Å². The molecule has 3 heteroatoms. The zero-order chi connectivity index (χ0) is 13.7. The molecular formula is C16H26N2O. The van der Waals surface area contributed by atoms with Crippen LogP contribution >= 0.6 is 0 Å². The number of piperidine rings is 1. The lowest BCUT2D eigenvalue weighted by Crippen LogP contribution is -2.38. The van der Waals surface area contributed by atoms with Gasteiger partial charge in [-0.15, -0.1) is 0 Å². The van der Waals surface area contributed by atoms with Gasteiger partial charge in [-0.2, -0.15) is 0 Å². The Balaban J connectivity index is 1.91. The topological polar surface area (TPSA) is 15.7 Å². The molecule has 0 saturated carbocycles. The van der Waals surface area contributed by atoms with E-state index < -0.39 is 0 Å². The van der Waals surface area contributed by atoms with Gasteiger partial charge in [0.1, 0.15) is 5.75 Å². The first-order valence-corrected chi connectivity index (χ1v) is 7.26. The number of para-hydroxylation sites is 2. The maximum absolute atomic E-state index is 5.43. The number of anilines is 1. The maximum atomic E-state index is 5.43. The Labute approximate surface area is 117 Å². The molecule has 1 aliphatic heterocycles. The van der Waals surface area contributed by atoms with Crippen molar-refractivity contribution in [1.82, 2.24) is 4.90 Å². The Bertz CT molecular complexity index is 394. The van der Waals surface area contributed by atoms with Gasteiger partial charge in [0.2, 0.25) is 0 Å². The quantitative estimate of drug-likeness (QED) is 0.811. The van der Waals surface area contributed by atoms with Crippen molar-refractivity contribution >= 4 is 5.69 Å². The zero-order valence-corrected chi connectivity index (χ0v) is 12.4. The van der Waals surface area contributed by atoms with Crippen LogP contribution < -0.4 is 9.64 Å². The van der Waals surface area contributed by atoms with Gasteiger partial charge in [-0.1, -0.05) is 18.6 Å². The van der Waals surface area contributed by atoms with Gasteiger partial charge < -0.3 is 14.5 Å². The van der Waals surface area contributed by atoms with Gasteiger partial charge in [-0.05, 0) is 45.0 Å². The molecule has 0 aromatic heterocycles. The van der Waals surface area contributed by atoms with Crippen molar-refractivity contribution in [2.45, 2.75) is 31.7 Å². The number of likely N-dealkylation sites (tertiary alicyclic amines) is 1. The van der Waals surface area contributed by atoms with Gasteiger partial charge in [0.25, 0.3) is 0 Å². The van der Waals surface area contributed by atoms with Crippen LogP contribution in [0.25, 0.3) is 0 Å². The minimum absolute atomic E-state index is 0.742. The standard InChI is InChI=1S/C16H26N2O/c1-17-12-7-6-8-14(17)11-13-18(2)15-9-4-5-10-16(15)19-3/h4-5,9-10,14H,6-8,11-13H2,1-3H3. The van der Waals surface area contributed by atoms with Crippen LogP contribution in [0.15, 0.2) is 24.3 Å². The molecule has 0 bridgehead atoms. The van der Waals surface area contributed by atoms with E-state index in [0.29, 0.717) is 0 Å². The van der Waals surface area contributed by atoms with E-state index in [2.05, 4.69) is 36.0 Å². The molecule has 1 atom stereocenters. The Morgan fingerprint density at radius 2 is 2.11 bits per heavy atom. The van der Waals surface area contributed by atoms with E-state index in [-0.39, 0.29) is 0 Å². The normalized spacial score (nSPS) is 20.3. The third-order valence-electron chi connectivity index (χ3n) is 4.22. The highest BCUT2D eigenvalue weighted by atomic mass is 16.5. The van der Waals surface area contributed by atoms with Crippen molar-refractivity contribution in [2.24, 2.45) is 0 Å². The number of methoxy groups -OCH3 is 1. The number of nitrogens with zero attached hydrogens (tertiary/aromatic N) is 2. The van der Waals surface area contributed by atoms with Crippen LogP contribution in [0.4, 0.5) is 5.69 Å². The SMILES string of the molecule is COc1ccccc1N(C)CCC1CCCCN1C. The van der Waals surface area contributed by atoms with Gasteiger partial charge in [-0.25, -0.2) is 0 Å². The molecule has 0 N–H and O–H groups in total.